The van der Waals surface area contributed by atoms with E-state index in [2.05, 4.69) is 30.4 Å². The summed E-state index contributed by atoms with van der Waals surface area (Å²) in [4.78, 5) is 9.53. The molecule has 1 aliphatic rings. The monoisotopic (exact) mass is 416 g/mol. The highest BCUT2D eigenvalue weighted by Gasteiger charge is 2.32. The lowest BCUT2D eigenvalue weighted by Crippen LogP contribution is -2.36. The van der Waals surface area contributed by atoms with Gasteiger partial charge in [-0.25, -0.2) is 9.97 Å². The lowest BCUT2D eigenvalue weighted by Gasteiger charge is -2.27. The van der Waals surface area contributed by atoms with Crippen molar-refractivity contribution in [1.29, 1.82) is 0 Å². The molecule has 1 fully saturated rings. The third-order valence-corrected chi connectivity index (χ3v) is 4.56. The zero-order valence-electron chi connectivity index (χ0n) is 16.1. The second-order valence-corrected chi connectivity index (χ2v) is 6.85. The van der Waals surface area contributed by atoms with Crippen LogP contribution in [-0.2, 0) is 10.9 Å². The molecule has 1 N–H and O–H groups in total. The predicted molar refractivity (Wildman–Crippen MR) is 106 cm³/mol. The summed E-state index contributed by atoms with van der Waals surface area (Å²) < 4.78 is 44.0. The molecule has 2 aromatic heterocycles. The lowest BCUT2D eigenvalue weighted by atomic mass is 10.1. The first-order valence-electron chi connectivity index (χ1n) is 9.34. The molecule has 0 atom stereocenters. The van der Waals surface area contributed by atoms with Crippen LogP contribution in [0.3, 0.4) is 0 Å². The van der Waals surface area contributed by atoms with E-state index in [1.54, 1.807) is 12.1 Å². The van der Waals surface area contributed by atoms with Crippen molar-refractivity contribution in [2.24, 2.45) is 0 Å². The zero-order chi connectivity index (χ0) is 21.1. The third-order valence-electron chi connectivity index (χ3n) is 4.56. The van der Waals surface area contributed by atoms with Crippen molar-refractivity contribution in [2.45, 2.75) is 13.1 Å². The van der Waals surface area contributed by atoms with Crippen molar-refractivity contribution >= 4 is 17.5 Å². The van der Waals surface area contributed by atoms with Crippen LogP contribution >= 0.6 is 0 Å². The van der Waals surface area contributed by atoms with Gasteiger partial charge in [0.1, 0.15) is 5.69 Å². The molecule has 0 spiro atoms. The van der Waals surface area contributed by atoms with E-state index in [1.807, 2.05) is 25.1 Å². The van der Waals surface area contributed by atoms with Gasteiger partial charge in [0.15, 0.2) is 5.82 Å². The number of hydrogen-bond donors (Lipinski definition) is 1. The van der Waals surface area contributed by atoms with Crippen LogP contribution in [0.1, 0.15) is 11.3 Å². The number of halogens is 3. The molecule has 156 valence electrons. The fraction of sp³-hybridized carbons (Fsp3) is 0.300. The van der Waals surface area contributed by atoms with Crippen molar-refractivity contribution in [2.75, 3.05) is 36.5 Å². The van der Waals surface area contributed by atoms with E-state index in [-0.39, 0.29) is 5.95 Å². The molecule has 1 aliphatic heterocycles. The highest BCUT2D eigenvalue weighted by molar-refractivity contribution is 5.68. The maximum Gasteiger partial charge on any atom is 0.433 e. The van der Waals surface area contributed by atoms with Crippen LogP contribution < -0.4 is 10.2 Å². The van der Waals surface area contributed by atoms with Gasteiger partial charge in [0, 0.05) is 30.5 Å². The molecule has 4 rings (SSSR count). The normalized spacial score (nSPS) is 14.6. The highest BCUT2D eigenvalue weighted by atomic mass is 19.4. The van der Waals surface area contributed by atoms with E-state index in [9.17, 15) is 13.2 Å². The van der Waals surface area contributed by atoms with Crippen molar-refractivity contribution in [3.05, 3.63) is 53.9 Å². The number of alkyl halides is 3. The van der Waals surface area contributed by atoms with Gasteiger partial charge in [-0.1, -0.05) is 0 Å². The Bertz CT molecular complexity index is 1020. The van der Waals surface area contributed by atoms with Gasteiger partial charge in [0.2, 0.25) is 5.95 Å². The number of anilines is 3. The summed E-state index contributed by atoms with van der Waals surface area (Å²) >= 11 is 0. The molecule has 7 nitrogen and oxygen atoms in total. The number of aromatic nitrogens is 4. The molecule has 0 bridgehead atoms. The number of nitrogens with one attached hydrogen (secondary N) is 1. The second-order valence-electron chi connectivity index (χ2n) is 6.85. The summed E-state index contributed by atoms with van der Waals surface area (Å²) in [5.74, 6) is 0.653. The average molecular weight is 416 g/mol. The molecule has 0 saturated carbocycles. The van der Waals surface area contributed by atoms with E-state index in [0.29, 0.717) is 24.6 Å². The molecule has 10 heteroatoms. The minimum atomic E-state index is -4.53. The molecule has 0 unspecified atom stereocenters. The van der Waals surface area contributed by atoms with Crippen LogP contribution in [0.15, 0.2) is 42.6 Å². The van der Waals surface area contributed by atoms with Gasteiger partial charge in [0.25, 0.3) is 0 Å². The molecule has 0 aliphatic carbocycles. The summed E-state index contributed by atoms with van der Waals surface area (Å²) in [5.41, 5.74) is 1.90. The highest BCUT2D eigenvalue weighted by Crippen LogP contribution is 2.29. The summed E-state index contributed by atoms with van der Waals surface area (Å²) in [6.07, 6.45) is -3.46. The lowest BCUT2D eigenvalue weighted by molar-refractivity contribution is -0.141. The molecule has 0 radical (unpaired) electrons. The van der Waals surface area contributed by atoms with Crippen LogP contribution in [0, 0.1) is 6.92 Å². The fourth-order valence-corrected chi connectivity index (χ4v) is 3.15. The van der Waals surface area contributed by atoms with Crippen LogP contribution in [0.5, 0.6) is 0 Å². The van der Waals surface area contributed by atoms with Crippen LogP contribution in [-0.4, -0.2) is 46.5 Å². The van der Waals surface area contributed by atoms with Crippen LogP contribution in [0.25, 0.3) is 11.3 Å². The zero-order valence-corrected chi connectivity index (χ0v) is 16.1. The van der Waals surface area contributed by atoms with E-state index in [0.717, 1.165) is 42.3 Å². The first-order chi connectivity index (χ1) is 14.4. The molecular weight excluding hydrogens is 397 g/mol. The molecule has 0 amide bonds. The number of hydrogen-bond acceptors (Lipinski definition) is 7. The van der Waals surface area contributed by atoms with E-state index >= 15 is 0 Å². The van der Waals surface area contributed by atoms with Gasteiger partial charge in [-0.15, -0.1) is 10.2 Å². The molecule has 30 heavy (non-hydrogen) atoms. The summed E-state index contributed by atoms with van der Waals surface area (Å²) in [7, 11) is 0. The van der Waals surface area contributed by atoms with Gasteiger partial charge >= 0.3 is 6.18 Å². The van der Waals surface area contributed by atoms with Crippen LogP contribution in [0.2, 0.25) is 0 Å². The van der Waals surface area contributed by atoms with E-state index in [1.165, 1.54) is 0 Å². The average Bonchev–Trinajstić information content (AvgIpc) is 2.74. The van der Waals surface area contributed by atoms with Crippen molar-refractivity contribution in [3.63, 3.8) is 0 Å². The Kier molecular flexibility index (Phi) is 5.49. The SMILES string of the molecule is Cc1cc(Nc2nccc(C(F)(F)F)n2)cc(-c2ccc(N3CCOCC3)nn2)c1. The first-order valence-corrected chi connectivity index (χ1v) is 9.34. The summed E-state index contributed by atoms with van der Waals surface area (Å²) in [6, 6.07) is 10.1. The number of nitrogens with zero attached hydrogens (tertiary/aromatic N) is 5. The molecule has 3 aromatic rings. The van der Waals surface area contributed by atoms with Gasteiger partial charge in [-0.2, -0.15) is 13.2 Å². The standard InChI is InChI=1S/C20H19F3N6O/c1-13-10-14(16-2-3-18(28-27-16)29-6-8-30-9-7-29)12-15(11-13)25-19-24-5-4-17(26-19)20(21,22)23/h2-5,10-12H,6-9H2,1H3,(H,24,25,26). The van der Waals surface area contributed by atoms with E-state index in [4.69, 9.17) is 4.74 Å². The predicted octanol–water partition coefficient (Wildman–Crippen LogP) is 3.84. The number of aryl methyl sites for hydroxylation is 1. The van der Waals surface area contributed by atoms with Gasteiger partial charge in [-0.3, -0.25) is 0 Å². The Morgan fingerprint density at radius 1 is 1.03 bits per heavy atom. The first kappa shape index (κ1) is 20.0. The Morgan fingerprint density at radius 3 is 2.53 bits per heavy atom. The maximum atomic E-state index is 12.9. The van der Waals surface area contributed by atoms with Gasteiger partial charge in [0.05, 0.1) is 18.9 Å². The fourth-order valence-electron chi connectivity index (χ4n) is 3.15. The minimum Gasteiger partial charge on any atom is -0.378 e. The van der Waals surface area contributed by atoms with Gasteiger partial charge < -0.3 is 15.0 Å². The Balaban J connectivity index is 1.56. The molecule has 1 saturated heterocycles. The quantitative estimate of drug-likeness (QED) is 0.693. The van der Waals surface area contributed by atoms with Crippen molar-refractivity contribution in [1.82, 2.24) is 20.2 Å². The topological polar surface area (TPSA) is 76.1 Å². The van der Waals surface area contributed by atoms with Crippen LogP contribution in [0.4, 0.5) is 30.6 Å². The summed E-state index contributed by atoms with van der Waals surface area (Å²) in [5, 5.41) is 11.5. The molecule has 1 aromatic carbocycles. The molecular formula is C20H19F3N6O. The number of ether oxygens (including phenoxy) is 1. The largest absolute Gasteiger partial charge is 0.433 e. The number of benzene rings is 1. The van der Waals surface area contributed by atoms with E-state index < -0.39 is 11.9 Å². The second kappa shape index (κ2) is 8.23. The Morgan fingerprint density at radius 2 is 1.83 bits per heavy atom. The van der Waals surface area contributed by atoms with Gasteiger partial charge in [-0.05, 0) is 48.9 Å². The summed E-state index contributed by atoms with van der Waals surface area (Å²) in [6.45, 7) is 4.74. The smallest absolute Gasteiger partial charge is 0.378 e. The Hall–Kier alpha value is -3.27. The minimum absolute atomic E-state index is 0.130. The van der Waals surface area contributed by atoms with Crippen molar-refractivity contribution in [3.8, 4) is 11.3 Å². The molecule has 3 heterocycles. The maximum absolute atomic E-state index is 12.9. The third kappa shape index (κ3) is 4.65. The number of rotatable bonds is 4. The van der Waals surface area contributed by atoms with Crippen molar-refractivity contribution < 1.29 is 17.9 Å². The Labute approximate surface area is 170 Å². The number of morpholine rings is 1.